The van der Waals surface area contributed by atoms with Crippen LogP contribution in [0.15, 0.2) is 93.2 Å². The van der Waals surface area contributed by atoms with E-state index in [9.17, 15) is 13.2 Å². The lowest BCUT2D eigenvalue weighted by Crippen LogP contribution is -2.53. The van der Waals surface area contributed by atoms with Crippen LogP contribution in [0.1, 0.15) is 56.3 Å². The molecule has 0 aliphatic carbocycles. The molecular formula is C32H38BrN3O6S. The number of aliphatic hydroxyl groups is 1. The third kappa shape index (κ3) is 8.23. The van der Waals surface area contributed by atoms with Crippen molar-refractivity contribution in [1.82, 2.24) is 10.9 Å². The largest absolute Gasteiger partial charge is 0.494 e. The number of halogens is 1. The fraction of sp³-hybridized carbons (Fsp3) is 0.375. The summed E-state index contributed by atoms with van der Waals surface area (Å²) < 4.78 is 39.7. The number of carbonyl (C=O) groups excluding carboxylic acids is 1. The minimum absolute atomic E-state index is 0.0385. The highest BCUT2D eigenvalue weighted by molar-refractivity contribution is 9.10. The van der Waals surface area contributed by atoms with Crippen molar-refractivity contribution in [3.8, 4) is 5.75 Å². The molecule has 0 unspecified atom stereocenters. The number of carbonyl (C=O) groups is 1. The number of rotatable bonds is 16. The number of benzene rings is 3. The highest BCUT2D eigenvalue weighted by Crippen LogP contribution is 2.45. The molecule has 2 atom stereocenters. The van der Waals surface area contributed by atoms with Crippen molar-refractivity contribution in [2.75, 3.05) is 25.5 Å². The average molecular weight is 673 g/mol. The molecule has 0 bridgehead atoms. The Morgan fingerprint density at radius 2 is 1.74 bits per heavy atom. The second-order valence-electron chi connectivity index (χ2n) is 10.3. The van der Waals surface area contributed by atoms with Crippen LogP contribution in [0, 0.1) is 0 Å². The van der Waals surface area contributed by atoms with Gasteiger partial charge in [-0.15, -0.1) is 0 Å². The first-order valence-electron chi connectivity index (χ1n) is 14.5. The Labute approximate surface area is 261 Å². The predicted octanol–water partition coefficient (Wildman–Crippen LogP) is 5.14. The van der Waals surface area contributed by atoms with Gasteiger partial charge < -0.3 is 14.6 Å². The van der Waals surface area contributed by atoms with Gasteiger partial charge >= 0.3 is 0 Å². The molecule has 9 nitrogen and oxygen atoms in total. The first-order valence-corrected chi connectivity index (χ1v) is 16.9. The average Bonchev–Trinajstić information content (AvgIpc) is 3.42. The molecule has 1 aliphatic rings. The van der Waals surface area contributed by atoms with Crippen molar-refractivity contribution in [3.63, 3.8) is 0 Å². The van der Waals surface area contributed by atoms with Gasteiger partial charge in [-0.1, -0.05) is 72.1 Å². The van der Waals surface area contributed by atoms with Gasteiger partial charge in [0.1, 0.15) is 5.75 Å². The Bertz CT molecular complexity index is 1480. The smallest absolute Gasteiger partial charge is 0.266 e. The number of amides is 1. The van der Waals surface area contributed by atoms with Crippen LogP contribution in [0.5, 0.6) is 5.75 Å². The minimum atomic E-state index is -3.74. The molecule has 0 saturated heterocycles. The van der Waals surface area contributed by atoms with Crippen molar-refractivity contribution in [2.24, 2.45) is 4.99 Å². The molecule has 1 heterocycles. The number of nitrogens with one attached hydrogen (secondary N) is 2. The summed E-state index contributed by atoms with van der Waals surface area (Å²) in [4.78, 5) is 19.2. The number of nitrogens with zero attached hydrogens (tertiary/aromatic N) is 1. The summed E-state index contributed by atoms with van der Waals surface area (Å²) in [6.07, 6.45) is 2.40. The SMILES string of the molecule is CCCCCNNC(=O)[C@@]1(CCS(=O)(=O)c2ccccc2)N=C(c2ccc(OCCCO)cc2)O[C@H]1c1ccccc1Br. The topological polar surface area (TPSA) is 126 Å². The molecule has 1 aliphatic heterocycles. The van der Waals surface area contributed by atoms with Crippen LogP contribution >= 0.6 is 15.9 Å². The molecule has 11 heteroatoms. The van der Waals surface area contributed by atoms with Gasteiger partial charge in [-0.25, -0.2) is 18.8 Å². The standard InChI is InChI=1S/C32H38BrN3O6S/c1-2-3-9-20-34-36-31(38)32(19-23-43(39,40)26-11-5-4-6-12-26)29(27-13-7-8-14-28(27)33)42-30(35-32)24-15-17-25(18-16-24)41-22-10-21-37/h4-8,11-18,29,34,37H,2-3,9-10,19-23H2,1H3,(H,36,38)/t29-,32-/m0/s1. The monoisotopic (exact) mass is 671 g/mol. The maximum Gasteiger partial charge on any atom is 0.266 e. The summed E-state index contributed by atoms with van der Waals surface area (Å²) in [6.45, 7) is 3.08. The number of hydrogen-bond donors (Lipinski definition) is 3. The van der Waals surface area contributed by atoms with Crippen LogP contribution in [-0.4, -0.2) is 56.4 Å². The zero-order chi connectivity index (χ0) is 30.7. The van der Waals surface area contributed by atoms with Crippen LogP contribution in [0.25, 0.3) is 0 Å². The van der Waals surface area contributed by atoms with E-state index in [1.165, 1.54) is 0 Å². The number of ether oxygens (including phenoxy) is 2. The van der Waals surface area contributed by atoms with Crippen molar-refractivity contribution in [2.45, 2.75) is 55.6 Å². The molecule has 0 radical (unpaired) electrons. The van der Waals surface area contributed by atoms with E-state index in [1.54, 1.807) is 54.6 Å². The van der Waals surface area contributed by atoms with Crippen LogP contribution in [-0.2, 0) is 19.4 Å². The molecule has 43 heavy (non-hydrogen) atoms. The van der Waals surface area contributed by atoms with Crippen LogP contribution in [0.3, 0.4) is 0 Å². The van der Waals surface area contributed by atoms with E-state index in [1.807, 2.05) is 24.3 Å². The van der Waals surface area contributed by atoms with Crippen molar-refractivity contribution in [1.29, 1.82) is 0 Å². The highest BCUT2D eigenvalue weighted by Gasteiger charge is 2.54. The summed E-state index contributed by atoms with van der Waals surface area (Å²) >= 11 is 3.60. The second-order valence-corrected chi connectivity index (χ2v) is 13.2. The molecule has 0 aromatic heterocycles. The summed E-state index contributed by atoms with van der Waals surface area (Å²) in [7, 11) is -3.74. The second kappa shape index (κ2) is 15.5. The quantitative estimate of drug-likeness (QED) is 0.142. The molecule has 3 N–H and O–H groups in total. The van der Waals surface area contributed by atoms with E-state index in [0.29, 0.717) is 40.9 Å². The Morgan fingerprint density at radius 3 is 2.44 bits per heavy atom. The molecule has 1 amide bonds. The van der Waals surface area contributed by atoms with E-state index in [2.05, 4.69) is 33.7 Å². The Balaban J connectivity index is 1.73. The zero-order valence-corrected chi connectivity index (χ0v) is 26.6. The van der Waals surface area contributed by atoms with Crippen LogP contribution in [0.4, 0.5) is 0 Å². The van der Waals surface area contributed by atoms with E-state index in [-0.39, 0.29) is 29.6 Å². The third-order valence-corrected chi connectivity index (χ3v) is 9.63. The lowest BCUT2D eigenvalue weighted by molar-refractivity contribution is -0.130. The van der Waals surface area contributed by atoms with Crippen molar-refractivity contribution in [3.05, 3.63) is 94.5 Å². The Hall–Kier alpha value is -3.25. The summed E-state index contributed by atoms with van der Waals surface area (Å²) in [6, 6.07) is 22.7. The third-order valence-electron chi connectivity index (χ3n) is 7.18. The maximum atomic E-state index is 14.1. The van der Waals surface area contributed by atoms with Gasteiger partial charge in [0, 0.05) is 41.6 Å². The number of hydrogen-bond acceptors (Lipinski definition) is 8. The number of unbranched alkanes of at least 4 members (excludes halogenated alkanes) is 2. The molecular weight excluding hydrogens is 634 g/mol. The van der Waals surface area contributed by atoms with Gasteiger partial charge in [-0.3, -0.25) is 10.2 Å². The van der Waals surface area contributed by atoms with Gasteiger partial charge in [0.05, 0.1) is 17.3 Å². The van der Waals surface area contributed by atoms with E-state index in [4.69, 9.17) is 19.6 Å². The molecule has 0 spiro atoms. The predicted molar refractivity (Wildman–Crippen MR) is 170 cm³/mol. The lowest BCUT2D eigenvalue weighted by atomic mass is 9.85. The van der Waals surface area contributed by atoms with E-state index >= 15 is 0 Å². The molecule has 230 valence electrons. The Morgan fingerprint density at radius 1 is 1.02 bits per heavy atom. The van der Waals surface area contributed by atoms with E-state index in [0.717, 1.165) is 19.3 Å². The van der Waals surface area contributed by atoms with E-state index < -0.39 is 27.4 Å². The number of hydrazine groups is 1. The lowest BCUT2D eigenvalue weighted by Gasteiger charge is -2.31. The fourth-order valence-electron chi connectivity index (χ4n) is 4.79. The fourth-order valence-corrected chi connectivity index (χ4v) is 6.67. The molecule has 0 saturated carbocycles. The normalized spacial score (nSPS) is 18.1. The van der Waals surface area contributed by atoms with Gasteiger partial charge in [0.15, 0.2) is 21.5 Å². The van der Waals surface area contributed by atoms with Crippen LogP contribution in [0.2, 0.25) is 0 Å². The Kier molecular flexibility index (Phi) is 11.7. The van der Waals surface area contributed by atoms with Crippen molar-refractivity contribution >= 4 is 37.6 Å². The zero-order valence-electron chi connectivity index (χ0n) is 24.2. The number of aliphatic imine (C=N–C) groups is 1. The van der Waals surface area contributed by atoms with Crippen molar-refractivity contribution < 1.29 is 27.8 Å². The maximum absolute atomic E-state index is 14.1. The van der Waals surface area contributed by atoms with Gasteiger partial charge in [-0.2, -0.15) is 0 Å². The number of sulfone groups is 1. The number of aliphatic hydroxyl groups excluding tert-OH is 1. The summed E-state index contributed by atoms with van der Waals surface area (Å²) in [5, 5.41) is 9.02. The minimum Gasteiger partial charge on any atom is -0.494 e. The molecule has 0 fully saturated rings. The van der Waals surface area contributed by atoms with Gasteiger partial charge in [0.25, 0.3) is 5.91 Å². The first kappa shape index (κ1) is 32.7. The molecule has 4 rings (SSSR count). The van der Waals surface area contributed by atoms with Gasteiger partial charge in [0.2, 0.25) is 5.90 Å². The van der Waals surface area contributed by atoms with Gasteiger partial charge in [-0.05, 0) is 48.9 Å². The summed E-state index contributed by atoms with van der Waals surface area (Å²) in [5.74, 6) is 0.0409. The summed E-state index contributed by atoms with van der Waals surface area (Å²) in [5.41, 5.74) is 5.49. The molecule has 3 aromatic rings. The van der Waals surface area contributed by atoms with Crippen LogP contribution < -0.4 is 15.6 Å². The first-order chi connectivity index (χ1) is 20.8. The molecule has 3 aromatic carbocycles. The highest BCUT2D eigenvalue weighted by atomic mass is 79.9.